The molecule has 5 fully saturated rings. The van der Waals surface area contributed by atoms with Crippen LogP contribution in [0.4, 0.5) is 9.59 Å². The zero-order valence-corrected chi connectivity index (χ0v) is 92.0. The summed E-state index contributed by atoms with van der Waals surface area (Å²) in [7, 11) is 15.3. The van der Waals surface area contributed by atoms with Crippen LogP contribution in [0.25, 0.3) is 5.52 Å². The number of pyridine rings is 1. The number of likely N-dealkylation sites (N-methyl/N-ethyl adjacent to an activating group) is 2. The fourth-order valence-electron chi connectivity index (χ4n) is 14.6. The Morgan fingerprint density at radius 3 is 1.16 bits per heavy atom. The van der Waals surface area contributed by atoms with Crippen LogP contribution in [0.2, 0.25) is 0 Å². The highest BCUT2D eigenvalue weighted by Crippen LogP contribution is 2.36. The molecule has 1 atom stereocenters. The van der Waals surface area contributed by atoms with Gasteiger partial charge in [0.25, 0.3) is 17.0 Å². The molecule has 8 aliphatic rings. The Morgan fingerprint density at radius 2 is 0.908 bits per heavy atom. The van der Waals surface area contributed by atoms with E-state index in [0.29, 0.717) is 31.3 Å². The summed E-state index contributed by atoms with van der Waals surface area (Å²) in [5.74, 6) is 1.36. The second kappa shape index (κ2) is 55.7. The van der Waals surface area contributed by atoms with E-state index in [1.165, 1.54) is 10.7 Å². The number of hydrogen-bond donors (Lipinski definition) is 0. The van der Waals surface area contributed by atoms with Crippen molar-refractivity contribution in [3.05, 3.63) is 121 Å². The molecule has 26 heteroatoms. The molecule has 26 nitrogen and oxygen atoms in total. The molecule has 0 radical (unpaired) electrons. The lowest BCUT2D eigenvalue weighted by Crippen LogP contribution is -2.49. The van der Waals surface area contributed by atoms with Crippen molar-refractivity contribution in [2.45, 2.75) is 388 Å². The monoisotopic (exact) mass is 1830 g/mol. The minimum absolute atomic E-state index is 0. The number of carbonyl (C=O) groups is 7. The van der Waals surface area contributed by atoms with Crippen molar-refractivity contribution in [2.24, 2.45) is 43.0 Å². The average molecular weight is 1830 g/mol. The number of likely N-dealkylation sites (tertiary alicyclic amines) is 2. The molecular weight excluding hydrogens is 1630 g/mol. The summed E-state index contributed by atoms with van der Waals surface area (Å²) in [6, 6.07) is 13.9. The molecule has 0 bridgehead atoms. The second-order valence-corrected chi connectivity index (χ2v) is 41.6. The van der Waals surface area contributed by atoms with E-state index in [2.05, 4.69) is 180 Å². The fourth-order valence-corrected chi connectivity index (χ4v) is 14.6. The number of ether oxygens (including phenoxy) is 1. The van der Waals surface area contributed by atoms with Crippen LogP contribution in [0.3, 0.4) is 0 Å². The topological polar surface area (TPSA) is 230 Å². The molecule has 0 spiro atoms. The molecule has 12 rings (SSSR count). The van der Waals surface area contributed by atoms with Gasteiger partial charge in [-0.2, -0.15) is 5.10 Å². The molecule has 1 unspecified atom stereocenters. The number of rotatable bonds is 0. The minimum Gasteiger partial charge on any atom is -0.448 e. The van der Waals surface area contributed by atoms with Crippen LogP contribution in [-0.4, -0.2) is 235 Å². The summed E-state index contributed by atoms with van der Waals surface area (Å²) < 4.78 is 11.9. The molecule has 0 saturated carbocycles. The van der Waals surface area contributed by atoms with Gasteiger partial charge in [0.1, 0.15) is 6.61 Å². The van der Waals surface area contributed by atoms with Crippen molar-refractivity contribution in [2.75, 3.05) is 81.1 Å². The van der Waals surface area contributed by atoms with Gasteiger partial charge in [0.15, 0.2) is 0 Å². The average Bonchev–Trinajstić information content (AvgIpc) is 1.62. The largest absolute Gasteiger partial charge is 0.448 e. The third-order valence-electron chi connectivity index (χ3n) is 21.3. The maximum Gasteiger partial charge on any atom is 0.410 e. The van der Waals surface area contributed by atoms with E-state index in [4.69, 9.17) is 4.74 Å². The van der Waals surface area contributed by atoms with E-state index in [9.17, 15) is 43.2 Å². The van der Waals surface area contributed by atoms with Crippen LogP contribution in [-0.2, 0) is 62.4 Å². The predicted octanol–water partition coefficient (Wildman–Crippen LogP) is 21.9. The number of urea groups is 1. The van der Waals surface area contributed by atoms with Gasteiger partial charge < -0.3 is 29.2 Å². The number of amides is 8. The van der Waals surface area contributed by atoms with Crippen molar-refractivity contribution in [1.82, 2.24) is 73.0 Å². The number of carbonyl (C=O) groups excluding carboxylic acids is 7. The van der Waals surface area contributed by atoms with Gasteiger partial charge in [-0.05, 0) is 190 Å². The lowest BCUT2D eigenvalue weighted by Gasteiger charge is -2.36. The Kier molecular flexibility index (Phi) is 55.6. The molecule has 1 aromatic carbocycles. The van der Waals surface area contributed by atoms with Crippen LogP contribution in [0, 0.1) is 23.7 Å². The van der Waals surface area contributed by atoms with E-state index < -0.39 is 0 Å². The SMILES string of the molecule is C.C=C1C=C(C(C)(C)C)N(C)N1C.CC.CC.CC.CC.CC.CC.CC(C)(C)N1CCCC1=O.CC(C)(C)N1CCOC1=O.CC(C)(C)N1Cc2ccccc2C1=O.CC(C)(C)N1N=CCC1=O.CN1CCC(=O)N1C(C)(C)C.CN1CCC(C(C)(C)C)C1=O.CN1CCN(C(C)(C)C)C1=O.Cc1c(C(C)(C)C)c(=O)n(C)n1C.Cn1c(=O)c(C(C)(C)C)c2ccccn21. The molecule has 4 aromatic rings. The van der Waals surface area contributed by atoms with Crippen LogP contribution in [0.5, 0.6) is 0 Å². The first-order chi connectivity index (χ1) is 58.9. The number of nitrogens with zero attached hydrogens (tertiary/aromatic N) is 16. The summed E-state index contributed by atoms with van der Waals surface area (Å²) in [5, 5.41) is 13.5. The predicted molar refractivity (Wildman–Crippen MR) is 550 cm³/mol. The quantitative estimate of drug-likeness (QED) is 0.160. The lowest BCUT2D eigenvalue weighted by molar-refractivity contribution is -0.145. The highest BCUT2D eigenvalue weighted by atomic mass is 16.6. The van der Waals surface area contributed by atoms with Crippen molar-refractivity contribution in [3.63, 3.8) is 0 Å². The zero-order valence-electron chi connectivity index (χ0n) is 92.0. The molecule has 8 amide bonds. The summed E-state index contributed by atoms with van der Waals surface area (Å²) in [5.41, 5.74) is 8.19. The third-order valence-corrected chi connectivity index (χ3v) is 21.3. The van der Waals surface area contributed by atoms with E-state index in [-0.39, 0.29) is 109 Å². The number of benzene rings is 1. The summed E-state index contributed by atoms with van der Waals surface area (Å²) in [4.78, 5) is 114. The van der Waals surface area contributed by atoms with Gasteiger partial charge in [-0.1, -0.05) is 204 Å². The van der Waals surface area contributed by atoms with Gasteiger partial charge in [-0.25, -0.2) is 24.3 Å². The van der Waals surface area contributed by atoms with Crippen molar-refractivity contribution >= 4 is 53.4 Å². The highest BCUT2D eigenvalue weighted by molar-refractivity contribution is 5.98. The molecule has 130 heavy (non-hydrogen) atoms. The van der Waals surface area contributed by atoms with E-state index in [0.717, 1.165) is 104 Å². The van der Waals surface area contributed by atoms with Gasteiger partial charge in [0.2, 0.25) is 23.6 Å². The highest BCUT2D eigenvalue weighted by Gasteiger charge is 2.40. The minimum atomic E-state index is -0.187. The van der Waals surface area contributed by atoms with E-state index in [1.54, 1.807) is 39.5 Å². The van der Waals surface area contributed by atoms with Gasteiger partial charge >= 0.3 is 12.1 Å². The van der Waals surface area contributed by atoms with Crippen molar-refractivity contribution < 1.29 is 38.3 Å². The third kappa shape index (κ3) is 39.2. The van der Waals surface area contributed by atoms with Gasteiger partial charge in [0, 0.05) is 182 Å². The van der Waals surface area contributed by atoms with Crippen LogP contribution >= 0.6 is 0 Å². The molecule has 5 saturated heterocycles. The second-order valence-electron chi connectivity index (χ2n) is 41.6. The van der Waals surface area contributed by atoms with Crippen molar-refractivity contribution in [1.29, 1.82) is 0 Å². The summed E-state index contributed by atoms with van der Waals surface area (Å²) >= 11 is 0. The number of fused-ring (bicyclic) bond motifs is 2. The number of aryl methyl sites for hydroxylation is 1. The first kappa shape index (κ1) is 130. The van der Waals surface area contributed by atoms with E-state index >= 15 is 0 Å². The van der Waals surface area contributed by atoms with E-state index in [1.807, 2.05) is 275 Å². The van der Waals surface area contributed by atoms with Crippen LogP contribution < -0.4 is 11.1 Å². The van der Waals surface area contributed by atoms with Gasteiger partial charge in [-0.15, -0.1) is 0 Å². The normalized spacial score (nSPS) is 16.6. The standard InChI is InChI=1S/C12H16N2O.C12H15NO.C10H18N2O.C10H18N2.C9H17NO.2C8H16N2O.C8H15NO.C7H12N2O.C7H13NO2.6C2H6.CH4/c1-12(2,3)10-9-7-5-6-8-14(9)13(4)11(10)15;1-12(2,3)13-8-9-6-4-5-7-10(9)11(13)14;1-7-8(10(2,3)4)9(13)12(6)11(7)5;1-8-7-9(10(2,3)4)12(6)11(8)5;1-9(2,3)7-5-6-10(4)8(7)11;1-8(2,3)10-6-5-9(4)7(10)11;1-8(2,3)10-7(11)5-6-9(10)4;1-8(2,3)9-6-4-5-7(9)10;1-7(2,3)9-6(10)4-5-8-9;1-7(2,3)8-4-5-10-6(8)9;6*1-2;/h5-8H,1-4H3;4-7H,8H2,1-3H3;1-6H3;7H,1H2,2-6H3;7H,5-6H2,1-4H3;2*5-6H2,1-4H3;4-6H2,1-3H3;5H,4H2,1-3H3;4-5H2,1-3H3;6*1-2H3;1H4. The maximum atomic E-state index is 12.1. The molecule has 752 valence electrons. The van der Waals surface area contributed by atoms with Gasteiger partial charge in [-0.3, -0.25) is 67.4 Å². The number of allylic oxidation sites excluding steroid dienone is 2. The fraction of sp³-hybridized carbons (Fsp3) is 0.731. The Balaban J connectivity index is -0.000000440. The summed E-state index contributed by atoms with van der Waals surface area (Å²) in [6.07, 6.45) is 9.43. The number of cyclic esters (lactones) is 1. The number of hydrazine groups is 2. The molecular formula is C104H196N16O10. The molecule has 8 aliphatic heterocycles. The molecule has 3 aromatic heterocycles. The number of hydrogen-bond acceptors (Lipinski definition) is 14. The van der Waals surface area contributed by atoms with Crippen LogP contribution in [0.1, 0.15) is 363 Å². The van der Waals surface area contributed by atoms with Gasteiger partial charge in [0.05, 0.1) is 35.3 Å². The Morgan fingerprint density at radius 1 is 0.438 bits per heavy atom. The van der Waals surface area contributed by atoms with Crippen molar-refractivity contribution in [3.8, 4) is 0 Å². The Hall–Kier alpha value is -8.68. The Labute approximate surface area is 793 Å². The molecule has 0 N–H and O–H groups in total. The zero-order chi connectivity index (χ0) is 103. The first-order valence-corrected chi connectivity index (χ1v) is 47.5. The lowest BCUT2D eigenvalue weighted by atomic mass is 9.80. The maximum absolute atomic E-state index is 12.1. The molecule has 11 heterocycles. The van der Waals surface area contributed by atoms with Crippen LogP contribution in [0.15, 0.2) is 87.4 Å². The first-order valence-electron chi connectivity index (χ1n) is 47.5. The summed E-state index contributed by atoms with van der Waals surface area (Å²) in [6.45, 7) is 98.5. The molecule has 0 aliphatic carbocycles. The Bertz CT molecular complexity index is 4200. The number of aromatic nitrogens is 4. The number of hydrazone groups is 1. The smallest absolute Gasteiger partial charge is 0.410 e.